The van der Waals surface area contributed by atoms with Gasteiger partial charge in [0.1, 0.15) is 11.6 Å². The van der Waals surface area contributed by atoms with Gasteiger partial charge in [-0.2, -0.15) is 4.98 Å². The molecule has 0 saturated carbocycles. The molecule has 0 aliphatic rings. The Bertz CT molecular complexity index is 604. The number of rotatable bonds is 5. The van der Waals surface area contributed by atoms with Crippen LogP contribution in [0.4, 0.5) is 10.2 Å². The highest BCUT2D eigenvalue weighted by Gasteiger charge is 2.10. The maximum Gasteiger partial charge on any atom is 0.224 e. The highest BCUT2D eigenvalue weighted by molar-refractivity contribution is 5.40. The summed E-state index contributed by atoms with van der Waals surface area (Å²) in [7, 11) is 0. The second-order valence-electron chi connectivity index (χ2n) is 4.39. The van der Waals surface area contributed by atoms with Crippen molar-refractivity contribution in [1.29, 1.82) is 0 Å². The summed E-state index contributed by atoms with van der Waals surface area (Å²) in [5.41, 5.74) is 2.97. The summed E-state index contributed by atoms with van der Waals surface area (Å²) >= 11 is 0. The maximum atomic E-state index is 13.9. The van der Waals surface area contributed by atoms with Crippen LogP contribution in [0.25, 0.3) is 0 Å². The van der Waals surface area contributed by atoms with Gasteiger partial charge in [0.2, 0.25) is 5.88 Å². The molecule has 0 fully saturated rings. The van der Waals surface area contributed by atoms with E-state index in [1.54, 1.807) is 25.1 Å². The molecule has 1 aromatic heterocycles. The molecule has 0 saturated heterocycles. The summed E-state index contributed by atoms with van der Waals surface area (Å²) in [4.78, 5) is 8.44. The van der Waals surface area contributed by atoms with Crippen molar-refractivity contribution in [3.63, 3.8) is 0 Å². The first-order chi connectivity index (χ1) is 9.63. The lowest BCUT2D eigenvalue weighted by Crippen LogP contribution is -2.11. The van der Waals surface area contributed by atoms with Crippen LogP contribution in [0, 0.1) is 12.7 Å². The standard InChI is InChI=1S/C14H17FN4O/c1-3-5-11-17-12(19-16)8-13(18-11)20-10-7-4-6-9(2)14(10)15/h4,6-8H,3,5,16H2,1-2H3,(H,17,18,19). The molecule has 3 N–H and O–H groups in total. The summed E-state index contributed by atoms with van der Waals surface area (Å²) in [6.45, 7) is 3.70. The van der Waals surface area contributed by atoms with E-state index in [0.29, 0.717) is 23.6 Å². The Morgan fingerprint density at radius 2 is 2.15 bits per heavy atom. The Kier molecular flexibility index (Phi) is 4.47. The van der Waals surface area contributed by atoms with Crippen molar-refractivity contribution >= 4 is 5.82 Å². The van der Waals surface area contributed by atoms with Crippen molar-refractivity contribution in [2.45, 2.75) is 26.7 Å². The highest BCUT2D eigenvalue weighted by atomic mass is 19.1. The normalized spacial score (nSPS) is 10.4. The van der Waals surface area contributed by atoms with E-state index in [1.165, 1.54) is 6.07 Å². The van der Waals surface area contributed by atoms with E-state index in [0.717, 1.165) is 6.42 Å². The second-order valence-corrected chi connectivity index (χ2v) is 4.39. The number of ether oxygens (including phenoxy) is 1. The van der Waals surface area contributed by atoms with Crippen molar-refractivity contribution in [2.75, 3.05) is 5.43 Å². The molecule has 0 bridgehead atoms. The third-order valence-corrected chi connectivity index (χ3v) is 2.74. The molecule has 0 spiro atoms. The first kappa shape index (κ1) is 14.2. The molecule has 20 heavy (non-hydrogen) atoms. The number of aryl methyl sites for hydroxylation is 2. The van der Waals surface area contributed by atoms with Gasteiger partial charge in [0, 0.05) is 12.5 Å². The van der Waals surface area contributed by atoms with E-state index in [1.807, 2.05) is 6.92 Å². The number of nitrogens with zero attached hydrogens (tertiary/aromatic N) is 2. The van der Waals surface area contributed by atoms with E-state index in [2.05, 4.69) is 15.4 Å². The van der Waals surface area contributed by atoms with E-state index in [4.69, 9.17) is 10.6 Å². The SMILES string of the molecule is CCCc1nc(NN)cc(Oc2cccc(C)c2F)n1. The fraction of sp³-hybridized carbons (Fsp3) is 0.286. The predicted molar refractivity (Wildman–Crippen MR) is 75.0 cm³/mol. The third-order valence-electron chi connectivity index (χ3n) is 2.74. The summed E-state index contributed by atoms with van der Waals surface area (Å²) in [5, 5.41) is 0. The van der Waals surface area contributed by atoms with Gasteiger partial charge in [-0.25, -0.2) is 15.2 Å². The smallest absolute Gasteiger partial charge is 0.224 e. The van der Waals surface area contributed by atoms with E-state index in [9.17, 15) is 4.39 Å². The Balaban J connectivity index is 2.32. The van der Waals surface area contributed by atoms with Gasteiger partial charge in [0.05, 0.1) is 0 Å². The van der Waals surface area contributed by atoms with Gasteiger partial charge in [-0.3, -0.25) is 0 Å². The fourth-order valence-electron chi connectivity index (χ4n) is 1.75. The summed E-state index contributed by atoms with van der Waals surface area (Å²) in [5.74, 6) is 6.40. The Morgan fingerprint density at radius 3 is 2.85 bits per heavy atom. The van der Waals surface area contributed by atoms with Crippen LogP contribution in [0.15, 0.2) is 24.3 Å². The zero-order chi connectivity index (χ0) is 14.5. The van der Waals surface area contributed by atoms with Gasteiger partial charge in [-0.1, -0.05) is 19.1 Å². The molecule has 1 heterocycles. The van der Waals surface area contributed by atoms with Gasteiger partial charge in [0.15, 0.2) is 11.6 Å². The monoisotopic (exact) mass is 276 g/mol. The number of halogens is 1. The lowest BCUT2D eigenvalue weighted by atomic mass is 10.2. The van der Waals surface area contributed by atoms with Crippen LogP contribution in [-0.2, 0) is 6.42 Å². The minimum Gasteiger partial charge on any atom is -0.436 e. The Morgan fingerprint density at radius 1 is 1.35 bits per heavy atom. The number of hydrogen-bond donors (Lipinski definition) is 2. The van der Waals surface area contributed by atoms with Crippen LogP contribution in [0.2, 0.25) is 0 Å². The molecule has 0 aliphatic carbocycles. The zero-order valence-corrected chi connectivity index (χ0v) is 11.5. The molecular formula is C14H17FN4O. The molecule has 0 aliphatic heterocycles. The molecule has 6 heteroatoms. The van der Waals surface area contributed by atoms with Crippen molar-refractivity contribution < 1.29 is 9.13 Å². The number of nitrogens with one attached hydrogen (secondary N) is 1. The van der Waals surface area contributed by atoms with E-state index in [-0.39, 0.29) is 11.6 Å². The van der Waals surface area contributed by atoms with Crippen LogP contribution in [-0.4, -0.2) is 9.97 Å². The van der Waals surface area contributed by atoms with Crippen molar-refractivity contribution in [3.05, 3.63) is 41.5 Å². The number of nitrogens with two attached hydrogens (primary N) is 1. The molecule has 0 atom stereocenters. The lowest BCUT2D eigenvalue weighted by molar-refractivity contribution is 0.422. The van der Waals surface area contributed by atoms with Gasteiger partial charge in [0.25, 0.3) is 0 Å². The summed E-state index contributed by atoms with van der Waals surface area (Å²) < 4.78 is 19.4. The zero-order valence-electron chi connectivity index (χ0n) is 11.5. The second kappa shape index (κ2) is 6.29. The largest absolute Gasteiger partial charge is 0.436 e. The first-order valence-electron chi connectivity index (χ1n) is 6.41. The summed E-state index contributed by atoms with van der Waals surface area (Å²) in [6.07, 6.45) is 1.59. The average Bonchev–Trinajstić information content (AvgIpc) is 2.44. The summed E-state index contributed by atoms with van der Waals surface area (Å²) in [6, 6.07) is 6.49. The lowest BCUT2D eigenvalue weighted by Gasteiger charge is -2.10. The van der Waals surface area contributed by atoms with Crippen molar-refractivity contribution in [3.8, 4) is 11.6 Å². The van der Waals surface area contributed by atoms with Crippen LogP contribution in [0.5, 0.6) is 11.6 Å². The molecule has 1 aromatic carbocycles. The molecule has 0 unspecified atom stereocenters. The van der Waals surface area contributed by atoms with Gasteiger partial charge < -0.3 is 10.2 Å². The average molecular weight is 276 g/mol. The quantitative estimate of drug-likeness (QED) is 0.649. The maximum absolute atomic E-state index is 13.9. The molecule has 5 nitrogen and oxygen atoms in total. The number of hydrazine groups is 1. The van der Waals surface area contributed by atoms with Crippen molar-refractivity contribution in [2.24, 2.45) is 5.84 Å². The van der Waals surface area contributed by atoms with Gasteiger partial charge in [-0.15, -0.1) is 0 Å². The van der Waals surface area contributed by atoms with Crippen LogP contribution in [0.3, 0.4) is 0 Å². The topological polar surface area (TPSA) is 73.1 Å². The molecule has 2 aromatic rings. The third kappa shape index (κ3) is 3.21. The molecule has 0 amide bonds. The Hall–Kier alpha value is -2.21. The van der Waals surface area contributed by atoms with Gasteiger partial charge in [-0.05, 0) is 25.0 Å². The number of anilines is 1. The van der Waals surface area contributed by atoms with Crippen LogP contribution in [0.1, 0.15) is 24.7 Å². The fourth-order valence-corrected chi connectivity index (χ4v) is 1.75. The molecule has 2 rings (SSSR count). The highest BCUT2D eigenvalue weighted by Crippen LogP contribution is 2.26. The molecule has 106 valence electrons. The number of aromatic nitrogens is 2. The first-order valence-corrected chi connectivity index (χ1v) is 6.41. The van der Waals surface area contributed by atoms with Gasteiger partial charge >= 0.3 is 0 Å². The van der Waals surface area contributed by atoms with E-state index >= 15 is 0 Å². The van der Waals surface area contributed by atoms with Crippen LogP contribution >= 0.6 is 0 Å². The minimum absolute atomic E-state index is 0.133. The predicted octanol–water partition coefficient (Wildman–Crippen LogP) is 2.95. The molecule has 0 radical (unpaired) electrons. The van der Waals surface area contributed by atoms with Crippen molar-refractivity contribution in [1.82, 2.24) is 9.97 Å². The minimum atomic E-state index is -0.398. The Labute approximate surface area is 117 Å². The van der Waals surface area contributed by atoms with Crippen LogP contribution < -0.4 is 16.0 Å². The number of hydrogen-bond acceptors (Lipinski definition) is 5. The number of nitrogen functional groups attached to an aromatic ring is 1. The number of benzene rings is 1. The van der Waals surface area contributed by atoms with E-state index < -0.39 is 5.82 Å². The molecular weight excluding hydrogens is 259 g/mol.